The largest absolute Gasteiger partial charge is 0.326 e. The fourth-order valence-corrected chi connectivity index (χ4v) is 3.41. The fraction of sp³-hybridized carbons (Fsp3) is 0.571. The minimum Gasteiger partial charge on any atom is -0.326 e. The number of benzene rings is 1. The Labute approximate surface area is 126 Å². The lowest BCUT2D eigenvalue weighted by Gasteiger charge is -2.33. The van der Waals surface area contributed by atoms with E-state index in [4.69, 9.17) is 5.73 Å². The molecule has 0 aromatic heterocycles. The highest BCUT2D eigenvalue weighted by molar-refractivity contribution is 9.13. The van der Waals surface area contributed by atoms with Crippen molar-refractivity contribution in [2.45, 2.75) is 38.3 Å². The molecule has 1 fully saturated rings. The van der Waals surface area contributed by atoms with Crippen molar-refractivity contribution in [2.75, 3.05) is 13.1 Å². The molecule has 1 aliphatic heterocycles. The maximum absolute atomic E-state index is 6.40. The summed E-state index contributed by atoms with van der Waals surface area (Å²) in [5, 5.41) is 0. The minimum absolute atomic E-state index is 0.237. The average molecular weight is 376 g/mol. The zero-order chi connectivity index (χ0) is 13.1. The van der Waals surface area contributed by atoms with Gasteiger partial charge in [-0.3, -0.25) is 4.90 Å². The molecule has 0 aliphatic carbocycles. The summed E-state index contributed by atoms with van der Waals surface area (Å²) in [5.41, 5.74) is 7.72. The maximum Gasteiger partial charge on any atom is 0.0499 e. The Balaban J connectivity index is 2.33. The summed E-state index contributed by atoms with van der Waals surface area (Å²) in [5.74, 6) is 0. The van der Waals surface area contributed by atoms with Gasteiger partial charge in [0.1, 0.15) is 0 Å². The van der Waals surface area contributed by atoms with E-state index in [1.54, 1.807) is 0 Å². The molecule has 18 heavy (non-hydrogen) atoms. The molecule has 1 aromatic carbocycles. The first-order chi connectivity index (χ1) is 8.63. The van der Waals surface area contributed by atoms with E-state index >= 15 is 0 Å². The van der Waals surface area contributed by atoms with Crippen LogP contribution < -0.4 is 5.73 Å². The topological polar surface area (TPSA) is 29.3 Å². The van der Waals surface area contributed by atoms with E-state index in [-0.39, 0.29) is 6.04 Å². The number of likely N-dealkylation sites (tertiary alicyclic amines) is 1. The molecule has 2 N–H and O–H groups in total. The minimum atomic E-state index is 0.237. The van der Waals surface area contributed by atoms with Gasteiger partial charge in [0.2, 0.25) is 0 Å². The predicted molar refractivity (Wildman–Crippen MR) is 83.7 cm³/mol. The molecular weight excluding hydrogens is 356 g/mol. The number of hydrogen-bond acceptors (Lipinski definition) is 2. The Hall–Kier alpha value is 0.1000. The molecule has 1 aromatic rings. The van der Waals surface area contributed by atoms with Gasteiger partial charge in [0, 0.05) is 21.0 Å². The van der Waals surface area contributed by atoms with Gasteiger partial charge in [-0.15, -0.1) is 0 Å². The normalized spacial score (nSPS) is 26.0. The van der Waals surface area contributed by atoms with Gasteiger partial charge in [-0.1, -0.05) is 19.4 Å². The highest BCUT2D eigenvalue weighted by Gasteiger charge is 2.27. The van der Waals surface area contributed by atoms with Gasteiger partial charge in [-0.05, 0) is 75.5 Å². The van der Waals surface area contributed by atoms with Crippen LogP contribution in [0.4, 0.5) is 0 Å². The smallest absolute Gasteiger partial charge is 0.0499 e. The SMILES string of the molecule is CCN1CCCCC(N)C1c1ccc(Br)c(Br)c1. The van der Waals surface area contributed by atoms with Crippen LogP contribution in [0, 0.1) is 0 Å². The molecule has 4 heteroatoms. The third-order valence-corrected chi connectivity index (χ3v) is 5.60. The molecule has 0 saturated carbocycles. The second-order valence-electron chi connectivity index (χ2n) is 4.91. The van der Waals surface area contributed by atoms with Gasteiger partial charge >= 0.3 is 0 Å². The molecule has 1 heterocycles. The number of nitrogens with two attached hydrogens (primary N) is 1. The number of nitrogens with zero attached hydrogens (tertiary/aromatic N) is 1. The summed E-state index contributed by atoms with van der Waals surface area (Å²) in [6, 6.07) is 7.07. The molecule has 2 rings (SSSR count). The summed E-state index contributed by atoms with van der Waals surface area (Å²) < 4.78 is 2.20. The van der Waals surface area contributed by atoms with Crippen molar-refractivity contribution in [3.05, 3.63) is 32.7 Å². The van der Waals surface area contributed by atoms with Crippen LogP contribution in [0.5, 0.6) is 0 Å². The summed E-state index contributed by atoms with van der Waals surface area (Å²) in [6.07, 6.45) is 3.62. The Kier molecular flexibility index (Phi) is 5.24. The third kappa shape index (κ3) is 3.16. The van der Waals surface area contributed by atoms with Crippen LogP contribution in [0.3, 0.4) is 0 Å². The van der Waals surface area contributed by atoms with Gasteiger partial charge in [-0.25, -0.2) is 0 Å². The van der Waals surface area contributed by atoms with Crippen LogP contribution >= 0.6 is 31.9 Å². The van der Waals surface area contributed by atoms with Crippen molar-refractivity contribution in [3.63, 3.8) is 0 Å². The Morgan fingerprint density at radius 1 is 1.28 bits per heavy atom. The second kappa shape index (κ2) is 6.51. The molecule has 1 saturated heterocycles. The first-order valence-electron chi connectivity index (χ1n) is 6.58. The third-order valence-electron chi connectivity index (χ3n) is 3.72. The number of hydrogen-bond donors (Lipinski definition) is 1. The van der Waals surface area contributed by atoms with Crippen molar-refractivity contribution >= 4 is 31.9 Å². The van der Waals surface area contributed by atoms with E-state index in [0.29, 0.717) is 6.04 Å². The Morgan fingerprint density at radius 2 is 2.06 bits per heavy atom. The Bertz CT molecular complexity index is 409. The molecule has 100 valence electrons. The van der Waals surface area contributed by atoms with Gasteiger partial charge < -0.3 is 5.73 Å². The maximum atomic E-state index is 6.40. The highest BCUT2D eigenvalue weighted by atomic mass is 79.9. The summed E-state index contributed by atoms with van der Waals surface area (Å²) in [6.45, 7) is 4.44. The van der Waals surface area contributed by atoms with Crippen molar-refractivity contribution < 1.29 is 0 Å². The van der Waals surface area contributed by atoms with E-state index in [0.717, 1.165) is 28.5 Å². The van der Waals surface area contributed by atoms with Crippen molar-refractivity contribution in [1.82, 2.24) is 4.90 Å². The Morgan fingerprint density at radius 3 is 2.72 bits per heavy atom. The quantitative estimate of drug-likeness (QED) is 0.843. The van der Waals surface area contributed by atoms with Crippen LogP contribution in [-0.2, 0) is 0 Å². The highest BCUT2D eigenvalue weighted by Crippen LogP contribution is 2.33. The molecule has 0 radical (unpaired) electrons. The number of halogens is 2. The van der Waals surface area contributed by atoms with E-state index in [2.05, 4.69) is 61.9 Å². The van der Waals surface area contributed by atoms with Gasteiger partial charge in [0.15, 0.2) is 0 Å². The zero-order valence-corrected chi connectivity index (χ0v) is 13.9. The first-order valence-corrected chi connectivity index (χ1v) is 8.16. The monoisotopic (exact) mass is 374 g/mol. The molecule has 0 amide bonds. The van der Waals surface area contributed by atoms with E-state index < -0.39 is 0 Å². The molecule has 2 atom stereocenters. The molecular formula is C14H20Br2N2. The fourth-order valence-electron chi connectivity index (χ4n) is 2.77. The van der Waals surface area contributed by atoms with E-state index in [1.165, 1.54) is 18.4 Å². The number of likely N-dealkylation sites (N-methyl/N-ethyl adjacent to an activating group) is 1. The molecule has 2 nitrogen and oxygen atoms in total. The van der Waals surface area contributed by atoms with Crippen molar-refractivity contribution in [3.8, 4) is 0 Å². The van der Waals surface area contributed by atoms with E-state index in [9.17, 15) is 0 Å². The molecule has 2 unspecified atom stereocenters. The standard InChI is InChI=1S/C14H20Br2N2/c1-2-18-8-4-3-5-13(17)14(18)10-6-7-11(15)12(16)9-10/h6-7,9,13-14H,2-5,8,17H2,1H3. The predicted octanol–water partition coefficient (Wildman–Crippen LogP) is 4.09. The molecule has 0 spiro atoms. The van der Waals surface area contributed by atoms with Gasteiger partial charge in [-0.2, -0.15) is 0 Å². The van der Waals surface area contributed by atoms with Crippen LogP contribution in [0.2, 0.25) is 0 Å². The average Bonchev–Trinajstić information content (AvgIpc) is 2.54. The molecule has 0 bridgehead atoms. The molecule has 1 aliphatic rings. The van der Waals surface area contributed by atoms with Crippen LogP contribution in [0.1, 0.15) is 37.8 Å². The van der Waals surface area contributed by atoms with Crippen LogP contribution in [0.25, 0.3) is 0 Å². The van der Waals surface area contributed by atoms with Crippen molar-refractivity contribution in [1.29, 1.82) is 0 Å². The van der Waals surface area contributed by atoms with Crippen LogP contribution in [-0.4, -0.2) is 24.0 Å². The number of rotatable bonds is 2. The van der Waals surface area contributed by atoms with Crippen molar-refractivity contribution in [2.24, 2.45) is 5.73 Å². The van der Waals surface area contributed by atoms with Crippen LogP contribution in [0.15, 0.2) is 27.1 Å². The first kappa shape index (κ1) is 14.5. The lowest BCUT2D eigenvalue weighted by molar-refractivity contribution is 0.195. The summed E-state index contributed by atoms with van der Waals surface area (Å²) in [4.78, 5) is 2.51. The van der Waals surface area contributed by atoms with Gasteiger partial charge in [0.25, 0.3) is 0 Å². The summed E-state index contributed by atoms with van der Waals surface area (Å²) in [7, 11) is 0. The van der Waals surface area contributed by atoms with E-state index in [1.807, 2.05) is 0 Å². The van der Waals surface area contributed by atoms with Gasteiger partial charge in [0.05, 0.1) is 0 Å². The lowest BCUT2D eigenvalue weighted by atomic mass is 9.96. The second-order valence-corrected chi connectivity index (χ2v) is 6.62. The zero-order valence-electron chi connectivity index (χ0n) is 10.7. The summed E-state index contributed by atoms with van der Waals surface area (Å²) >= 11 is 7.11. The lowest BCUT2D eigenvalue weighted by Crippen LogP contribution is -2.39.